The molecule has 7 heteroatoms. The van der Waals surface area contributed by atoms with E-state index in [2.05, 4.69) is 66.0 Å². The fourth-order valence-electron chi connectivity index (χ4n) is 4.51. The molecule has 166 valence electrons. The molecule has 1 aliphatic rings. The Morgan fingerprint density at radius 2 is 1.97 bits per heavy atom. The standard InChI is InChI=1S/C25H28N4O2S/c1-5-31-22(30)15-28-24(23(27-25(28)32)21-11-6-7-12-26-21)20-14-17(3)29(18(20)4)19-10-8-9-16(2)13-19/h6-14,23-24H,5,15H2,1-4H3,(H,27,32)/t23-,24+/m1/s1. The third-order valence-corrected chi connectivity index (χ3v) is 6.20. The molecule has 0 unspecified atom stereocenters. The van der Waals surface area contributed by atoms with Crippen molar-refractivity contribution in [2.24, 2.45) is 0 Å². The van der Waals surface area contributed by atoms with Gasteiger partial charge < -0.3 is 19.5 Å². The highest BCUT2D eigenvalue weighted by Crippen LogP contribution is 2.41. The highest BCUT2D eigenvalue weighted by Gasteiger charge is 2.42. The quantitative estimate of drug-likeness (QED) is 0.447. The van der Waals surface area contributed by atoms with Crippen molar-refractivity contribution in [1.29, 1.82) is 0 Å². The van der Waals surface area contributed by atoms with Gasteiger partial charge in [0.25, 0.3) is 0 Å². The maximum atomic E-state index is 12.4. The van der Waals surface area contributed by atoms with Crippen LogP contribution in [0.15, 0.2) is 54.7 Å². The molecule has 6 nitrogen and oxygen atoms in total. The molecule has 0 amide bonds. The first kappa shape index (κ1) is 22.0. The van der Waals surface area contributed by atoms with E-state index in [1.165, 1.54) is 5.56 Å². The molecule has 1 saturated heterocycles. The smallest absolute Gasteiger partial charge is 0.325 e. The number of aromatic nitrogens is 2. The van der Waals surface area contributed by atoms with Crippen LogP contribution in [-0.2, 0) is 9.53 Å². The van der Waals surface area contributed by atoms with Crippen molar-refractivity contribution in [3.05, 3.63) is 82.9 Å². The second-order valence-corrected chi connectivity index (χ2v) is 8.45. The Labute approximate surface area is 194 Å². The number of nitrogens with zero attached hydrogens (tertiary/aromatic N) is 3. The Kier molecular flexibility index (Phi) is 6.28. The third kappa shape index (κ3) is 4.12. The molecule has 0 saturated carbocycles. The summed E-state index contributed by atoms with van der Waals surface area (Å²) in [5, 5.41) is 3.93. The number of carbonyl (C=O) groups is 1. The highest BCUT2D eigenvalue weighted by molar-refractivity contribution is 7.80. The number of carbonyl (C=O) groups excluding carboxylic acids is 1. The second kappa shape index (κ2) is 9.12. The third-order valence-electron chi connectivity index (χ3n) is 5.85. The lowest BCUT2D eigenvalue weighted by Crippen LogP contribution is -2.35. The number of hydrogen-bond acceptors (Lipinski definition) is 4. The molecule has 0 bridgehead atoms. The first-order chi connectivity index (χ1) is 15.4. The van der Waals surface area contributed by atoms with Crippen molar-refractivity contribution in [3.63, 3.8) is 0 Å². The number of benzene rings is 1. The fourth-order valence-corrected chi connectivity index (χ4v) is 4.82. The van der Waals surface area contributed by atoms with Gasteiger partial charge in [0.1, 0.15) is 6.54 Å². The van der Waals surface area contributed by atoms with Gasteiger partial charge in [-0.3, -0.25) is 9.78 Å². The zero-order chi connectivity index (χ0) is 22.8. The normalized spacial score (nSPS) is 18.0. The maximum Gasteiger partial charge on any atom is 0.325 e. The van der Waals surface area contributed by atoms with Gasteiger partial charge >= 0.3 is 5.97 Å². The summed E-state index contributed by atoms with van der Waals surface area (Å²) in [5.41, 5.74) is 6.54. The lowest BCUT2D eigenvalue weighted by Gasteiger charge is -2.27. The number of hydrogen-bond donors (Lipinski definition) is 1. The van der Waals surface area contributed by atoms with Crippen LogP contribution >= 0.6 is 12.2 Å². The molecule has 0 aliphatic carbocycles. The minimum Gasteiger partial charge on any atom is -0.465 e. The Morgan fingerprint density at radius 1 is 1.16 bits per heavy atom. The van der Waals surface area contributed by atoms with Crippen molar-refractivity contribution in [3.8, 4) is 5.69 Å². The Hall–Kier alpha value is -3.19. The number of thiocarbonyl (C=S) groups is 1. The van der Waals surface area contributed by atoms with Gasteiger partial charge in [0.2, 0.25) is 0 Å². The number of pyridine rings is 1. The lowest BCUT2D eigenvalue weighted by atomic mass is 9.97. The van der Waals surface area contributed by atoms with Crippen molar-refractivity contribution in [2.75, 3.05) is 13.2 Å². The Bertz CT molecular complexity index is 1140. The summed E-state index contributed by atoms with van der Waals surface area (Å²) in [5.74, 6) is -0.296. The van der Waals surface area contributed by atoms with Gasteiger partial charge in [-0.1, -0.05) is 18.2 Å². The van der Waals surface area contributed by atoms with Gasteiger partial charge in [-0.15, -0.1) is 0 Å². The SMILES string of the molecule is CCOC(=O)CN1C(=S)N[C@H](c2ccccn2)[C@@H]1c1cc(C)n(-c2cccc(C)c2)c1C. The molecule has 0 radical (unpaired) electrons. The van der Waals surface area contributed by atoms with Crippen LogP contribution in [0.1, 0.15) is 47.2 Å². The lowest BCUT2D eigenvalue weighted by molar-refractivity contribution is -0.143. The van der Waals surface area contributed by atoms with Gasteiger partial charge in [-0.05, 0) is 81.4 Å². The summed E-state index contributed by atoms with van der Waals surface area (Å²) < 4.78 is 7.48. The number of esters is 1. The van der Waals surface area contributed by atoms with Gasteiger partial charge in [-0.2, -0.15) is 0 Å². The van der Waals surface area contributed by atoms with Crippen LogP contribution in [0, 0.1) is 20.8 Å². The summed E-state index contributed by atoms with van der Waals surface area (Å²) in [6, 6.07) is 16.1. The summed E-state index contributed by atoms with van der Waals surface area (Å²) in [4.78, 5) is 18.9. The average Bonchev–Trinajstić information content (AvgIpc) is 3.24. The Balaban J connectivity index is 1.81. The molecule has 2 atom stereocenters. The molecule has 1 aliphatic heterocycles. The minimum atomic E-state index is -0.296. The predicted octanol–water partition coefficient (Wildman–Crippen LogP) is 4.33. The average molecular weight is 449 g/mol. The number of aryl methyl sites for hydroxylation is 2. The van der Waals surface area contributed by atoms with Crippen molar-refractivity contribution in [2.45, 2.75) is 39.8 Å². The van der Waals surface area contributed by atoms with E-state index >= 15 is 0 Å². The zero-order valence-corrected chi connectivity index (χ0v) is 19.6. The van der Waals surface area contributed by atoms with Crippen LogP contribution in [0.5, 0.6) is 0 Å². The molecule has 1 N–H and O–H groups in total. The van der Waals surface area contributed by atoms with Crippen LogP contribution in [0.25, 0.3) is 5.69 Å². The molecule has 0 spiro atoms. The van der Waals surface area contributed by atoms with Gasteiger partial charge in [0.15, 0.2) is 5.11 Å². The maximum absolute atomic E-state index is 12.4. The summed E-state index contributed by atoms with van der Waals surface area (Å²) >= 11 is 5.66. The Morgan fingerprint density at radius 3 is 2.66 bits per heavy atom. The van der Waals surface area contributed by atoms with E-state index in [9.17, 15) is 4.79 Å². The van der Waals surface area contributed by atoms with Gasteiger partial charge in [0, 0.05) is 23.3 Å². The van der Waals surface area contributed by atoms with E-state index in [1.54, 1.807) is 6.20 Å². The first-order valence-electron chi connectivity index (χ1n) is 10.8. The number of nitrogens with one attached hydrogen (secondary N) is 1. The van der Waals surface area contributed by atoms with Crippen LogP contribution in [-0.4, -0.2) is 38.7 Å². The molecule has 3 heterocycles. The largest absolute Gasteiger partial charge is 0.465 e. The first-order valence-corrected chi connectivity index (χ1v) is 11.2. The van der Waals surface area contributed by atoms with Crippen molar-refractivity contribution < 1.29 is 9.53 Å². The zero-order valence-electron chi connectivity index (χ0n) is 18.8. The topological polar surface area (TPSA) is 59.4 Å². The van der Waals surface area contributed by atoms with E-state index in [1.807, 2.05) is 30.0 Å². The van der Waals surface area contributed by atoms with E-state index in [0.29, 0.717) is 11.7 Å². The van der Waals surface area contributed by atoms with Crippen molar-refractivity contribution >= 4 is 23.3 Å². The minimum absolute atomic E-state index is 0.0851. The molecule has 4 rings (SSSR count). The van der Waals surface area contributed by atoms with E-state index < -0.39 is 0 Å². The second-order valence-electron chi connectivity index (χ2n) is 8.06. The molecular formula is C25H28N4O2S. The monoisotopic (exact) mass is 448 g/mol. The van der Waals surface area contributed by atoms with Crippen molar-refractivity contribution in [1.82, 2.24) is 19.8 Å². The summed E-state index contributed by atoms with van der Waals surface area (Å²) in [7, 11) is 0. The predicted molar refractivity (Wildman–Crippen MR) is 129 cm³/mol. The van der Waals surface area contributed by atoms with E-state index in [0.717, 1.165) is 28.3 Å². The van der Waals surface area contributed by atoms with Crippen LogP contribution < -0.4 is 5.32 Å². The molecule has 1 fully saturated rings. The molecule has 1 aromatic carbocycles. The fraction of sp³-hybridized carbons (Fsp3) is 0.320. The molecule has 3 aromatic rings. The van der Waals surface area contributed by atoms with Crippen LogP contribution in [0.2, 0.25) is 0 Å². The molecular weight excluding hydrogens is 420 g/mol. The summed E-state index contributed by atoms with van der Waals surface area (Å²) in [6.45, 7) is 8.54. The number of rotatable bonds is 6. The molecule has 32 heavy (non-hydrogen) atoms. The van der Waals surface area contributed by atoms with Gasteiger partial charge in [0.05, 0.1) is 24.4 Å². The highest BCUT2D eigenvalue weighted by atomic mass is 32.1. The number of ether oxygens (including phenoxy) is 1. The van der Waals surface area contributed by atoms with Gasteiger partial charge in [-0.25, -0.2) is 0 Å². The molecule has 2 aromatic heterocycles. The van der Waals surface area contributed by atoms with E-state index in [4.69, 9.17) is 17.0 Å². The summed E-state index contributed by atoms with van der Waals surface area (Å²) in [6.07, 6.45) is 1.78. The van der Waals surface area contributed by atoms with Crippen LogP contribution in [0.3, 0.4) is 0 Å². The van der Waals surface area contributed by atoms with Crippen LogP contribution in [0.4, 0.5) is 0 Å². The van der Waals surface area contributed by atoms with E-state index in [-0.39, 0.29) is 24.6 Å².